The lowest BCUT2D eigenvalue weighted by molar-refractivity contribution is -0.136. The van der Waals surface area contributed by atoms with Crippen molar-refractivity contribution in [2.45, 2.75) is 24.8 Å². The maximum Gasteiger partial charge on any atom is 0.335 e. The Bertz CT molecular complexity index is 1540. The van der Waals surface area contributed by atoms with Gasteiger partial charge in [-0.05, 0) is 77.4 Å². The highest BCUT2D eigenvalue weighted by Gasteiger charge is 2.35. The summed E-state index contributed by atoms with van der Waals surface area (Å²) in [5.41, 5.74) is 2.93. The van der Waals surface area contributed by atoms with Crippen LogP contribution in [0.1, 0.15) is 40.2 Å². The summed E-state index contributed by atoms with van der Waals surface area (Å²) in [6.45, 7) is 0.360. The van der Waals surface area contributed by atoms with Crippen LogP contribution in [0.5, 0.6) is 0 Å². The van der Waals surface area contributed by atoms with Crippen molar-refractivity contribution in [3.05, 3.63) is 107 Å². The molecule has 4 aromatic rings. The summed E-state index contributed by atoms with van der Waals surface area (Å²) in [5, 5.41) is 23.7. The number of rotatable bonds is 7. The second-order valence-electron chi connectivity index (χ2n) is 9.35. The Morgan fingerprint density at radius 2 is 1.77 bits per heavy atom. The number of piperidine rings is 1. The topological polar surface area (TPSA) is 130 Å². The predicted molar refractivity (Wildman–Crippen MR) is 149 cm³/mol. The molecule has 1 saturated heterocycles. The fraction of sp³-hybridized carbons (Fsp3) is 0.172. The van der Waals surface area contributed by atoms with Crippen molar-refractivity contribution >= 4 is 41.1 Å². The van der Waals surface area contributed by atoms with Crippen LogP contribution in [0, 0.1) is 0 Å². The van der Waals surface area contributed by atoms with Crippen LogP contribution in [-0.4, -0.2) is 60.6 Å². The predicted octanol–water partition coefficient (Wildman–Crippen LogP) is 4.44. The number of halogens is 1. The van der Waals surface area contributed by atoms with Gasteiger partial charge in [0.25, 0.3) is 0 Å². The first-order valence-corrected chi connectivity index (χ1v) is 13.0. The number of likely N-dealkylation sites (tertiary alicyclic amines) is 1. The molecular weight excluding hydrogens is 532 g/mol. The lowest BCUT2D eigenvalue weighted by Crippen LogP contribution is -2.51. The molecule has 1 aliphatic heterocycles. The number of carbonyl (C=O) groups is 3. The van der Waals surface area contributed by atoms with E-state index < -0.39 is 12.0 Å². The third kappa shape index (κ3) is 6.08. The van der Waals surface area contributed by atoms with Gasteiger partial charge in [-0.1, -0.05) is 41.9 Å². The molecule has 10 nitrogen and oxygen atoms in total. The number of anilines is 1. The average Bonchev–Trinajstić information content (AvgIpc) is 3.51. The summed E-state index contributed by atoms with van der Waals surface area (Å²) in [4.78, 5) is 39.8. The van der Waals surface area contributed by atoms with Gasteiger partial charge in [-0.3, -0.25) is 9.59 Å². The first kappa shape index (κ1) is 26.8. The molecule has 202 valence electrons. The average molecular weight is 557 g/mol. The highest BCUT2D eigenvalue weighted by Crippen LogP contribution is 2.31. The quantitative estimate of drug-likeness (QED) is 0.322. The maximum absolute atomic E-state index is 13.6. The molecule has 0 aliphatic carbocycles. The molecule has 2 heterocycles. The highest BCUT2D eigenvalue weighted by atomic mass is 35.5. The largest absolute Gasteiger partial charge is 0.478 e. The summed E-state index contributed by atoms with van der Waals surface area (Å²) < 4.78 is 1.47. The molecule has 3 aromatic carbocycles. The summed E-state index contributed by atoms with van der Waals surface area (Å²) in [5.74, 6) is -1.65. The zero-order valence-corrected chi connectivity index (χ0v) is 22.0. The van der Waals surface area contributed by atoms with E-state index in [0.717, 1.165) is 12.0 Å². The second kappa shape index (κ2) is 11.9. The van der Waals surface area contributed by atoms with Crippen LogP contribution in [0.4, 0.5) is 5.69 Å². The van der Waals surface area contributed by atoms with E-state index in [0.29, 0.717) is 34.9 Å². The van der Waals surface area contributed by atoms with Crippen LogP contribution < -0.4 is 5.32 Å². The Morgan fingerprint density at radius 1 is 1.00 bits per heavy atom. The zero-order valence-electron chi connectivity index (χ0n) is 21.2. The number of nitrogens with zero attached hydrogens (tertiary/aromatic N) is 5. The third-order valence-electron chi connectivity index (χ3n) is 6.83. The van der Waals surface area contributed by atoms with E-state index in [-0.39, 0.29) is 23.3 Å². The van der Waals surface area contributed by atoms with Crippen LogP contribution in [0.2, 0.25) is 5.02 Å². The first-order chi connectivity index (χ1) is 19.4. The van der Waals surface area contributed by atoms with Crippen LogP contribution in [0.3, 0.4) is 0 Å². The van der Waals surface area contributed by atoms with E-state index in [1.165, 1.54) is 41.4 Å². The Labute approximate surface area is 234 Å². The smallest absolute Gasteiger partial charge is 0.335 e. The Kier molecular flexibility index (Phi) is 7.97. The maximum atomic E-state index is 13.6. The minimum Gasteiger partial charge on any atom is -0.478 e. The van der Waals surface area contributed by atoms with Gasteiger partial charge in [0, 0.05) is 34.8 Å². The first-order valence-electron chi connectivity index (χ1n) is 12.6. The van der Waals surface area contributed by atoms with Gasteiger partial charge in [-0.15, -0.1) is 5.10 Å². The molecule has 2 N–H and O–H groups in total. The second-order valence-corrected chi connectivity index (χ2v) is 9.79. The summed E-state index contributed by atoms with van der Waals surface area (Å²) in [6.07, 6.45) is 5.70. The van der Waals surface area contributed by atoms with Crippen LogP contribution in [0.25, 0.3) is 11.8 Å². The van der Waals surface area contributed by atoms with Crippen molar-refractivity contribution in [2.75, 3.05) is 11.9 Å². The van der Waals surface area contributed by atoms with Gasteiger partial charge in [0.1, 0.15) is 12.4 Å². The van der Waals surface area contributed by atoms with Gasteiger partial charge in [-0.25, -0.2) is 4.79 Å². The van der Waals surface area contributed by atoms with Crippen LogP contribution in [0.15, 0.2) is 85.2 Å². The molecule has 0 spiro atoms. The van der Waals surface area contributed by atoms with Crippen molar-refractivity contribution in [2.24, 2.45) is 0 Å². The normalized spacial score (nSPS) is 17.1. The molecule has 40 heavy (non-hydrogen) atoms. The fourth-order valence-electron chi connectivity index (χ4n) is 4.80. The summed E-state index contributed by atoms with van der Waals surface area (Å²) in [6, 6.07) is 20.3. The van der Waals surface area contributed by atoms with Gasteiger partial charge >= 0.3 is 5.97 Å². The van der Waals surface area contributed by atoms with Crippen LogP contribution >= 0.6 is 11.6 Å². The number of hydrogen-bond donors (Lipinski definition) is 2. The number of hydrogen-bond acceptors (Lipinski definition) is 6. The lowest BCUT2D eigenvalue weighted by atomic mass is 9.87. The van der Waals surface area contributed by atoms with Gasteiger partial charge in [0.2, 0.25) is 11.8 Å². The molecule has 2 unspecified atom stereocenters. The lowest BCUT2D eigenvalue weighted by Gasteiger charge is -2.38. The van der Waals surface area contributed by atoms with Crippen molar-refractivity contribution in [3.8, 4) is 5.69 Å². The highest BCUT2D eigenvalue weighted by molar-refractivity contribution is 6.30. The number of tetrazole rings is 1. The van der Waals surface area contributed by atoms with Crippen LogP contribution in [-0.2, 0) is 9.59 Å². The minimum atomic E-state index is -1.05. The molecule has 2 amide bonds. The molecule has 0 saturated carbocycles. The van der Waals surface area contributed by atoms with E-state index in [1.54, 1.807) is 29.2 Å². The van der Waals surface area contributed by atoms with Crippen molar-refractivity contribution in [1.29, 1.82) is 0 Å². The monoisotopic (exact) mass is 556 g/mol. The zero-order chi connectivity index (χ0) is 28.1. The van der Waals surface area contributed by atoms with Gasteiger partial charge in [0.05, 0.1) is 11.3 Å². The molecule has 0 bridgehead atoms. The Hall–Kier alpha value is -4.83. The van der Waals surface area contributed by atoms with Gasteiger partial charge in [0.15, 0.2) is 0 Å². The SMILES string of the molecule is O=C(O)c1ccc(NC(=O)C2CCC(c3ccccc3)CN2C(=O)/C=C/c2cc(Cl)ccc2-n2cnnn2)cc1. The number of aromatic carboxylic acids is 1. The molecule has 1 fully saturated rings. The minimum absolute atomic E-state index is 0.0698. The number of nitrogens with one attached hydrogen (secondary N) is 1. The van der Waals surface area contributed by atoms with E-state index in [9.17, 15) is 14.4 Å². The standard InChI is InChI=1S/C29H25ClN6O4/c30-23-10-14-25(36-18-31-33-34-36)21(16-23)9-15-27(37)35-17-22(19-4-2-1-3-5-19)8-13-26(35)28(38)32-24-11-6-20(7-12-24)29(39)40/h1-7,9-12,14-16,18,22,26H,8,13,17H2,(H,32,38)(H,39,40)/b15-9+. The third-order valence-corrected chi connectivity index (χ3v) is 7.06. The van der Waals surface area contributed by atoms with Gasteiger partial charge < -0.3 is 15.3 Å². The Balaban J connectivity index is 1.40. The molecular formula is C29H25ClN6O4. The number of carbonyl (C=O) groups excluding carboxylic acids is 2. The van der Waals surface area contributed by atoms with Gasteiger partial charge in [-0.2, -0.15) is 4.68 Å². The molecule has 2 atom stereocenters. The summed E-state index contributed by atoms with van der Waals surface area (Å²) in [7, 11) is 0. The number of amides is 2. The molecule has 1 aromatic heterocycles. The number of carboxylic acids is 1. The molecule has 11 heteroatoms. The number of benzene rings is 3. The fourth-order valence-corrected chi connectivity index (χ4v) is 4.98. The van der Waals surface area contributed by atoms with E-state index in [2.05, 4.69) is 20.8 Å². The van der Waals surface area contributed by atoms with Crippen molar-refractivity contribution in [1.82, 2.24) is 25.1 Å². The Morgan fingerprint density at radius 3 is 2.48 bits per heavy atom. The summed E-state index contributed by atoms with van der Waals surface area (Å²) >= 11 is 6.22. The van der Waals surface area contributed by atoms with Crippen molar-refractivity contribution < 1.29 is 19.5 Å². The van der Waals surface area contributed by atoms with Crippen molar-refractivity contribution in [3.63, 3.8) is 0 Å². The van der Waals surface area contributed by atoms with E-state index in [1.807, 2.05) is 30.3 Å². The number of carboxylic acid groups (broad SMARTS) is 1. The number of aromatic nitrogens is 4. The van der Waals surface area contributed by atoms with E-state index >= 15 is 0 Å². The molecule has 0 radical (unpaired) electrons. The molecule has 5 rings (SSSR count). The van der Waals surface area contributed by atoms with E-state index in [4.69, 9.17) is 16.7 Å². The molecule has 1 aliphatic rings.